The van der Waals surface area contributed by atoms with Crippen LogP contribution in [0.1, 0.15) is 13.3 Å². The minimum Gasteiger partial charge on any atom is -0.271 e. The van der Waals surface area contributed by atoms with Crippen LogP contribution in [0.25, 0.3) is 0 Å². The van der Waals surface area contributed by atoms with Crippen LogP contribution in [-0.4, -0.2) is 16.0 Å². The van der Waals surface area contributed by atoms with Crippen LogP contribution in [0.2, 0.25) is 0 Å². The normalized spacial score (nSPS) is 20.8. The Hall–Kier alpha value is 0.620. The van der Waals surface area contributed by atoms with Crippen molar-refractivity contribution in [3.05, 3.63) is 0 Å². The van der Waals surface area contributed by atoms with E-state index in [0.29, 0.717) is 6.42 Å². The van der Waals surface area contributed by atoms with Gasteiger partial charge in [0.1, 0.15) is 14.3 Å². The zero-order valence-corrected chi connectivity index (χ0v) is 7.68. The molecule has 0 aliphatic rings. The van der Waals surface area contributed by atoms with Gasteiger partial charge in [0.15, 0.2) is 0 Å². The first kappa shape index (κ1) is 9.62. The Balaban J connectivity index is 3.75. The lowest BCUT2D eigenvalue weighted by molar-refractivity contribution is 0.306. The van der Waals surface area contributed by atoms with Gasteiger partial charge in [0.05, 0.1) is 0 Å². The highest BCUT2D eigenvalue weighted by Crippen LogP contribution is 2.05. The molecule has 9 heavy (non-hydrogen) atoms. The van der Waals surface area contributed by atoms with E-state index in [1.165, 1.54) is 6.26 Å². The number of hydrogen-bond acceptors (Lipinski definition) is 3. The van der Waals surface area contributed by atoms with E-state index in [2.05, 4.69) is 11.2 Å². The van der Waals surface area contributed by atoms with Gasteiger partial charge in [0, 0.05) is 17.4 Å². The van der Waals surface area contributed by atoms with Crippen molar-refractivity contribution < 1.29 is 8.39 Å². The highest BCUT2D eigenvalue weighted by atomic mass is 35.5. The summed E-state index contributed by atoms with van der Waals surface area (Å²) in [7, 11) is -2.53. The molecule has 2 atom stereocenters. The average Bonchev–Trinajstić information content (AvgIpc) is 1.62. The minimum absolute atomic E-state index is 0.514. The second-order valence-electron chi connectivity index (χ2n) is 1.62. The molecule has 0 fully saturated rings. The molecule has 0 aromatic carbocycles. The fraction of sp³-hybridized carbons (Fsp3) is 1.00. The van der Waals surface area contributed by atoms with E-state index in [4.69, 9.17) is 15.8 Å². The first-order chi connectivity index (χ1) is 3.95. The van der Waals surface area contributed by atoms with Crippen molar-refractivity contribution in [1.82, 2.24) is 0 Å². The van der Waals surface area contributed by atoms with Gasteiger partial charge in [-0.15, -0.1) is 0 Å². The lowest BCUT2D eigenvalue weighted by Crippen LogP contribution is -2.08. The maximum Gasteiger partial charge on any atom is 0.148 e. The van der Waals surface area contributed by atoms with Gasteiger partial charge in [0.25, 0.3) is 0 Å². The molecule has 0 saturated carbocycles. The molecule has 0 radical (unpaired) electrons. The Labute approximate surface area is 65.4 Å². The molecule has 56 valence electrons. The second-order valence-corrected chi connectivity index (χ2v) is 5.52. The first-order valence-corrected chi connectivity index (χ1v) is 5.73. The smallest absolute Gasteiger partial charge is 0.148 e. The number of rotatable bonds is 3. The quantitative estimate of drug-likeness (QED) is 0.624. The summed E-state index contributed by atoms with van der Waals surface area (Å²) >= 11 is 9.93. The van der Waals surface area contributed by atoms with Crippen molar-refractivity contribution in [2.45, 2.75) is 18.9 Å². The van der Waals surface area contributed by atoms with Gasteiger partial charge in [-0.05, 0) is 6.42 Å². The van der Waals surface area contributed by atoms with E-state index in [-0.39, 0.29) is 0 Å². The zero-order chi connectivity index (χ0) is 7.49. The largest absolute Gasteiger partial charge is 0.271 e. The van der Waals surface area contributed by atoms with Crippen LogP contribution in [0.15, 0.2) is 0 Å². The summed E-state index contributed by atoms with van der Waals surface area (Å²) in [4.78, 5) is 0. The molecule has 0 N–H and O–H groups in total. The Morgan fingerprint density at radius 1 is 1.89 bits per heavy atom. The number of alkyl halides is 1. The highest BCUT2D eigenvalue weighted by Gasteiger charge is 2.05. The molecule has 0 heterocycles. The van der Waals surface area contributed by atoms with Gasteiger partial charge in [-0.1, -0.05) is 18.5 Å². The molecule has 0 saturated heterocycles. The molecular formula is C4H9ClO2S2. The maximum atomic E-state index is 10.7. The maximum absolute atomic E-state index is 10.7. The van der Waals surface area contributed by atoms with E-state index in [9.17, 15) is 4.21 Å². The summed E-state index contributed by atoms with van der Waals surface area (Å²) in [5, 5.41) is 0. The molecule has 2 unspecified atom stereocenters. The summed E-state index contributed by atoms with van der Waals surface area (Å²) in [6, 6.07) is 0. The van der Waals surface area contributed by atoms with Crippen LogP contribution >= 0.6 is 11.6 Å². The van der Waals surface area contributed by atoms with E-state index < -0.39 is 14.3 Å². The predicted octanol–water partition coefficient (Wildman–Crippen LogP) is 1.27. The topological polar surface area (TPSA) is 26.3 Å². The third-order valence-electron chi connectivity index (χ3n) is 0.600. The Kier molecular flexibility index (Phi) is 3.96. The van der Waals surface area contributed by atoms with E-state index >= 15 is 0 Å². The number of halogens is 1. The monoisotopic (exact) mass is 188 g/mol. The molecule has 0 aliphatic carbocycles. The van der Waals surface area contributed by atoms with Crippen molar-refractivity contribution in [2.75, 3.05) is 6.26 Å². The fourth-order valence-corrected chi connectivity index (χ4v) is 1.60. The lowest BCUT2D eigenvalue weighted by atomic mass is 10.5. The molecule has 0 bridgehead atoms. The van der Waals surface area contributed by atoms with Crippen LogP contribution in [0.3, 0.4) is 0 Å². The van der Waals surface area contributed by atoms with E-state index in [0.717, 1.165) is 0 Å². The van der Waals surface area contributed by atoms with Gasteiger partial charge in [-0.25, -0.2) is 4.21 Å². The van der Waals surface area contributed by atoms with E-state index in [1.54, 1.807) is 0 Å². The molecule has 0 rings (SSSR count). The SMILES string of the molecule is CCC(Cl)OS(C)(=O)=S. The third-order valence-corrected chi connectivity index (χ3v) is 1.92. The molecule has 0 amide bonds. The first-order valence-electron chi connectivity index (χ1n) is 2.48. The molecule has 0 aromatic heterocycles. The minimum atomic E-state index is -2.53. The second kappa shape index (κ2) is 3.71. The number of hydrogen-bond donors (Lipinski definition) is 0. The van der Waals surface area contributed by atoms with Crippen LogP contribution in [0, 0.1) is 0 Å². The zero-order valence-electron chi connectivity index (χ0n) is 5.30. The van der Waals surface area contributed by atoms with Crippen LogP contribution in [-0.2, 0) is 24.1 Å². The van der Waals surface area contributed by atoms with E-state index in [1.807, 2.05) is 6.92 Å². The average molecular weight is 189 g/mol. The van der Waals surface area contributed by atoms with Crippen molar-refractivity contribution in [2.24, 2.45) is 0 Å². The Morgan fingerprint density at radius 2 is 2.33 bits per heavy atom. The van der Waals surface area contributed by atoms with Gasteiger partial charge in [-0.2, -0.15) is 0 Å². The van der Waals surface area contributed by atoms with Gasteiger partial charge >= 0.3 is 0 Å². The summed E-state index contributed by atoms with van der Waals surface area (Å²) in [5.41, 5.74) is -0.514. The highest BCUT2D eigenvalue weighted by molar-refractivity contribution is 8.29. The van der Waals surface area contributed by atoms with Crippen molar-refractivity contribution in [1.29, 1.82) is 0 Å². The summed E-state index contributed by atoms with van der Waals surface area (Å²) in [6.07, 6.45) is 1.95. The molecule has 2 nitrogen and oxygen atoms in total. The van der Waals surface area contributed by atoms with Crippen LogP contribution in [0.5, 0.6) is 0 Å². The fourth-order valence-electron chi connectivity index (χ4n) is 0.258. The molecule has 0 spiro atoms. The summed E-state index contributed by atoms with van der Waals surface area (Å²) in [6.45, 7) is 1.83. The van der Waals surface area contributed by atoms with Crippen molar-refractivity contribution in [3.8, 4) is 0 Å². The van der Waals surface area contributed by atoms with Crippen LogP contribution in [0.4, 0.5) is 0 Å². The Morgan fingerprint density at radius 3 is 2.44 bits per heavy atom. The van der Waals surface area contributed by atoms with Crippen LogP contribution < -0.4 is 0 Å². The predicted molar refractivity (Wildman–Crippen MR) is 42.4 cm³/mol. The van der Waals surface area contributed by atoms with Crippen molar-refractivity contribution >= 4 is 31.6 Å². The summed E-state index contributed by atoms with van der Waals surface area (Å²) in [5.74, 6) is 0. The van der Waals surface area contributed by atoms with Gasteiger partial charge in [-0.3, -0.25) is 4.18 Å². The van der Waals surface area contributed by atoms with Gasteiger partial charge in [0.2, 0.25) is 0 Å². The van der Waals surface area contributed by atoms with Gasteiger partial charge < -0.3 is 0 Å². The molecule has 0 aliphatic heterocycles. The third kappa shape index (κ3) is 6.51. The van der Waals surface area contributed by atoms with Crippen molar-refractivity contribution in [3.63, 3.8) is 0 Å². The molecule has 0 aromatic rings. The molecule has 5 heteroatoms. The Bertz CT molecular complexity index is 163. The lowest BCUT2D eigenvalue weighted by Gasteiger charge is -2.05. The summed E-state index contributed by atoms with van der Waals surface area (Å²) < 4.78 is 15.4. The standard InChI is InChI=1S/C4H9ClO2S2/c1-3-4(5)7-9(2,6)8/h4H,3H2,1-2H3. The molecular weight excluding hydrogens is 180 g/mol.